The monoisotopic (exact) mass is 399 g/mol. The molecule has 0 amide bonds. The number of nitrogens with zero attached hydrogens (tertiary/aromatic N) is 2. The van der Waals surface area contributed by atoms with Crippen molar-refractivity contribution in [3.8, 4) is 5.75 Å². The molecule has 2 rings (SSSR count). The molecule has 0 radical (unpaired) electrons. The highest BCUT2D eigenvalue weighted by Gasteiger charge is 2.29. The second-order valence-corrected chi connectivity index (χ2v) is 8.41. The summed E-state index contributed by atoms with van der Waals surface area (Å²) in [4.78, 5) is 1.01. The van der Waals surface area contributed by atoms with Gasteiger partial charge < -0.3 is 10.8 Å². The van der Waals surface area contributed by atoms with Gasteiger partial charge in [-0.15, -0.1) is 0 Å². The van der Waals surface area contributed by atoms with Crippen molar-refractivity contribution in [1.82, 2.24) is 4.31 Å². The number of sulfonamides is 1. The van der Waals surface area contributed by atoms with E-state index in [2.05, 4.69) is 0 Å². The lowest BCUT2D eigenvalue weighted by atomic mass is 10.1. The normalized spacial score (nSPS) is 11.6. The van der Waals surface area contributed by atoms with Crippen LogP contribution in [0.3, 0.4) is 0 Å². The zero-order chi connectivity index (χ0) is 18.9. The molecule has 0 aromatic heterocycles. The van der Waals surface area contributed by atoms with Crippen LogP contribution < -0.4 is 10.6 Å². The highest BCUT2D eigenvalue weighted by atomic mass is 35.5. The molecule has 134 valence electrons. The highest BCUT2D eigenvalue weighted by molar-refractivity contribution is 7.89. The molecule has 0 saturated carbocycles. The molecule has 2 aromatic carbocycles. The minimum absolute atomic E-state index is 0.0416. The molecular weight excluding hydrogens is 382 g/mol. The summed E-state index contributed by atoms with van der Waals surface area (Å²) in [6.45, 7) is 1.85. The first kappa shape index (κ1) is 19.5. The predicted molar refractivity (Wildman–Crippen MR) is 104 cm³/mol. The summed E-state index contributed by atoms with van der Waals surface area (Å²) < 4.78 is 26.0. The van der Waals surface area contributed by atoms with E-state index in [1.807, 2.05) is 19.1 Å². The van der Waals surface area contributed by atoms with Crippen molar-refractivity contribution in [3.63, 3.8) is 0 Å². The fraction of sp³-hybridized carbons (Fsp3) is 0.188. The molecule has 0 fully saturated rings. The Morgan fingerprint density at radius 2 is 1.76 bits per heavy atom. The van der Waals surface area contributed by atoms with E-state index in [0.29, 0.717) is 5.69 Å². The molecule has 0 aliphatic heterocycles. The summed E-state index contributed by atoms with van der Waals surface area (Å²) in [6.07, 6.45) is 0. The van der Waals surface area contributed by atoms with Crippen LogP contribution >= 0.6 is 23.8 Å². The maximum atomic E-state index is 12.5. The van der Waals surface area contributed by atoms with Crippen molar-refractivity contribution in [2.45, 2.75) is 11.8 Å². The second-order valence-electron chi connectivity index (χ2n) is 5.49. The minimum Gasteiger partial charge on any atom is -0.504 e. The smallest absolute Gasteiger partial charge is 0.247 e. The van der Waals surface area contributed by atoms with Crippen LogP contribution in [-0.2, 0) is 10.0 Å². The van der Waals surface area contributed by atoms with Gasteiger partial charge in [-0.05, 0) is 42.9 Å². The number of halogens is 1. The molecular formula is C16H18ClN3O3S2. The molecule has 6 nitrogen and oxygen atoms in total. The van der Waals surface area contributed by atoms with Gasteiger partial charge >= 0.3 is 0 Å². The van der Waals surface area contributed by atoms with Crippen LogP contribution in [0.15, 0.2) is 41.3 Å². The lowest BCUT2D eigenvalue weighted by molar-refractivity contribution is 0.454. The molecule has 0 heterocycles. The van der Waals surface area contributed by atoms with Crippen LogP contribution in [0.2, 0.25) is 5.02 Å². The molecule has 25 heavy (non-hydrogen) atoms. The van der Waals surface area contributed by atoms with Crippen molar-refractivity contribution in [2.24, 2.45) is 5.73 Å². The Balaban J connectivity index is 2.78. The van der Waals surface area contributed by atoms with Crippen molar-refractivity contribution in [1.29, 1.82) is 0 Å². The van der Waals surface area contributed by atoms with Gasteiger partial charge in [-0.2, -0.15) is 0 Å². The third kappa shape index (κ3) is 3.57. The van der Waals surface area contributed by atoms with Crippen LogP contribution in [0.1, 0.15) is 5.56 Å². The average Bonchev–Trinajstić information content (AvgIpc) is 2.51. The number of para-hydroxylation sites is 1. The van der Waals surface area contributed by atoms with Gasteiger partial charge in [0.05, 0.1) is 16.4 Å². The van der Waals surface area contributed by atoms with Gasteiger partial charge in [0.1, 0.15) is 4.90 Å². The first-order valence-corrected chi connectivity index (χ1v) is 9.40. The summed E-state index contributed by atoms with van der Waals surface area (Å²) in [7, 11) is -1.27. The standard InChI is InChI=1S/C16H18ClN3O3S2/c1-10-6-4-5-7-12(10)20(16(18)24)13-9-8-11(17)15(14(13)21)25(22,23)19(2)3/h4-9,21H,1-3H3,(H2,18,24). The molecule has 0 saturated heterocycles. The Labute approximate surface area is 157 Å². The number of thiocarbonyl (C=S) groups is 1. The average molecular weight is 400 g/mol. The summed E-state index contributed by atoms with van der Waals surface area (Å²) >= 11 is 11.2. The first-order chi connectivity index (χ1) is 11.6. The van der Waals surface area contributed by atoms with E-state index < -0.39 is 20.7 Å². The minimum atomic E-state index is -3.97. The summed E-state index contributed by atoms with van der Waals surface area (Å²) in [5.74, 6) is -0.516. The van der Waals surface area contributed by atoms with Gasteiger partial charge in [-0.25, -0.2) is 12.7 Å². The number of phenols is 1. The Bertz CT molecular complexity index is 930. The SMILES string of the molecule is Cc1ccccc1N(C(N)=S)c1ccc(Cl)c(S(=O)(=O)N(C)C)c1O. The lowest BCUT2D eigenvalue weighted by Gasteiger charge is -2.27. The van der Waals surface area contributed by atoms with Crippen molar-refractivity contribution >= 4 is 50.3 Å². The molecule has 2 aromatic rings. The van der Waals surface area contributed by atoms with E-state index in [9.17, 15) is 13.5 Å². The van der Waals surface area contributed by atoms with E-state index >= 15 is 0 Å². The Kier molecular flexibility index (Phi) is 5.58. The number of nitrogens with two attached hydrogens (primary N) is 1. The van der Waals surface area contributed by atoms with Crippen LogP contribution in [0, 0.1) is 6.92 Å². The molecule has 3 N–H and O–H groups in total. The number of phenolic OH excluding ortho intramolecular Hbond substituents is 1. The van der Waals surface area contributed by atoms with Gasteiger partial charge in [0.2, 0.25) is 10.0 Å². The largest absolute Gasteiger partial charge is 0.504 e. The van der Waals surface area contributed by atoms with Gasteiger partial charge in [-0.1, -0.05) is 29.8 Å². The molecule has 0 aliphatic carbocycles. The zero-order valence-corrected chi connectivity index (χ0v) is 16.3. The molecule has 9 heteroatoms. The number of hydrogen-bond acceptors (Lipinski definition) is 4. The van der Waals surface area contributed by atoms with Gasteiger partial charge in [0, 0.05) is 14.1 Å². The number of rotatable bonds is 4. The van der Waals surface area contributed by atoms with E-state index in [1.54, 1.807) is 12.1 Å². The van der Waals surface area contributed by atoms with Crippen LogP contribution in [-0.4, -0.2) is 37.0 Å². The number of aromatic hydroxyl groups is 1. The number of aryl methyl sites for hydroxylation is 1. The third-order valence-corrected chi connectivity index (χ3v) is 6.12. The van der Waals surface area contributed by atoms with E-state index in [0.717, 1.165) is 9.87 Å². The van der Waals surface area contributed by atoms with E-state index in [4.69, 9.17) is 29.6 Å². The van der Waals surface area contributed by atoms with E-state index in [-0.39, 0.29) is 15.8 Å². The lowest BCUT2D eigenvalue weighted by Crippen LogP contribution is -2.32. The zero-order valence-electron chi connectivity index (χ0n) is 13.9. The van der Waals surface area contributed by atoms with Crippen LogP contribution in [0.5, 0.6) is 5.75 Å². The fourth-order valence-electron chi connectivity index (χ4n) is 2.33. The maximum absolute atomic E-state index is 12.5. The predicted octanol–water partition coefficient (Wildman–Crippen LogP) is 2.99. The van der Waals surface area contributed by atoms with Gasteiger partial charge in [-0.3, -0.25) is 4.90 Å². The molecule has 0 aliphatic rings. The quantitative estimate of drug-likeness (QED) is 0.768. The van der Waals surface area contributed by atoms with Crippen LogP contribution in [0.4, 0.5) is 11.4 Å². The number of anilines is 2. The van der Waals surface area contributed by atoms with Crippen molar-refractivity contribution in [3.05, 3.63) is 47.0 Å². The van der Waals surface area contributed by atoms with Gasteiger partial charge in [0.15, 0.2) is 10.9 Å². The molecule has 0 spiro atoms. The maximum Gasteiger partial charge on any atom is 0.247 e. The molecule has 0 bridgehead atoms. The summed E-state index contributed by atoms with van der Waals surface area (Å²) in [6, 6.07) is 10.1. The Hall–Kier alpha value is -1.87. The first-order valence-electron chi connectivity index (χ1n) is 7.18. The topological polar surface area (TPSA) is 86.9 Å². The second kappa shape index (κ2) is 7.17. The molecule has 0 unspecified atom stereocenters. The third-order valence-electron chi connectivity index (χ3n) is 3.62. The van der Waals surface area contributed by atoms with Crippen molar-refractivity contribution < 1.29 is 13.5 Å². The number of hydrogen-bond donors (Lipinski definition) is 2. The summed E-state index contributed by atoms with van der Waals surface area (Å²) in [5, 5.41) is 10.5. The highest BCUT2D eigenvalue weighted by Crippen LogP contribution is 2.42. The fourth-order valence-corrected chi connectivity index (χ4v) is 4.00. The van der Waals surface area contributed by atoms with Crippen LogP contribution in [0.25, 0.3) is 0 Å². The summed E-state index contributed by atoms with van der Waals surface area (Å²) in [5.41, 5.74) is 7.45. The Morgan fingerprint density at radius 1 is 1.16 bits per heavy atom. The van der Waals surface area contributed by atoms with Gasteiger partial charge in [0.25, 0.3) is 0 Å². The molecule has 0 atom stereocenters. The number of benzene rings is 2. The van der Waals surface area contributed by atoms with Crippen molar-refractivity contribution in [2.75, 3.05) is 19.0 Å². The Morgan fingerprint density at radius 3 is 2.28 bits per heavy atom. The van der Waals surface area contributed by atoms with E-state index in [1.165, 1.54) is 31.1 Å².